The minimum atomic E-state index is -4.25. The lowest BCUT2D eigenvalue weighted by molar-refractivity contribution is 0.488. The molecule has 0 aliphatic heterocycles. The van der Waals surface area contributed by atoms with Gasteiger partial charge in [-0.05, 0) is 36.4 Å². The molecular weight excluding hydrogens is 416 g/mol. The van der Waals surface area contributed by atoms with Gasteiger partial charge in [0.2, 0.25) is 0 Å². The predicted octanol–water partition coefficient (Wildman–Crippen LogP) is 5.62. The average Bonchev–Trinajstić information content (AvgIpc) is 2.51. The molecule has 0 fully saturated rings. The number of halogens is 4. The Hall–Kier alpha value is -1.24. The largest absolute Gasteiger partial charge is 0.375 e. The molecule has 9 heteroatoms. The Morgan fingerprint density at radius 3 is 2.38 bits per heavy atom. The van der Waals surface area contributed by atoms with E-state index in [4.69, 9.17) is 50.6 Å². The van der Waals surface area contributed by atoms with Gasteiger partial charge in [-0.2, -0.15) is 8.42 Å². The number of hydrogen-bond acceptors (Lipinski definition) is 4. The van der Waals surface area contributed by atoms with Crippen molar-refractivity contribution in [1.29, 1.82) is 0 Å². The van der Waals surface area contributed by atoms with Gasteiger partial charge >= 0.3 is 10.1 Å². The molecule has 0 spiro atoms. The second-order valence-corrected chi connectivity index (χ2v) is 7.85. The first-order valence-corrected chi connectivity index (χ1v) is 9.34. The number of aromatic nitrogens is 1. The van der Waals surface area contributed by atoms with Gasteiger partial charge in [0, 0.05) is 16.6 Å². The summed E-state index contributed by atoms with van der Waals surface area (Å²) in [6.07, 6.45) is 1.48. The van der Waals surface area contributed by atoms with Crippen molar-refractivity contribution in [2.75, 3.05) is 0 Å². The van der Waals surface area contributed by atoms with Gasteiger partial charge in [0.1, 0.15) is 10.4 Å². The van der Waals surface area contributed by atoms with Crippen LogP contribution in [0.5, 0.6) is 5.75 Å². The van der Waals surface area contributed by atoms with Gasteiger partial charge in [-0.1, -0.05) is 46.4 Å². The maximum atomic E-state index is 12.5. The maximum Gasteiger partial charge on any atom is 0.340 e. The van der Waals surface area contributed by atoms with Crippen LogP contribution in [0.1, 0.15) is 0 Å². The summed E-state index contributed by atoms with van der Waals surface area (Å²) in [5.74, 6) is -0.123. The molecule has 0 aliphatic carbocycles. The summed E-state index contributed by atoms with van der Waals surface area (Å²) in [5.41, 5.74) is 0.226. The Kier molecular flexibility index (Phi) is 4.82. The zero-order valence-corrected chi connectivity index (χ0v) is 15.5. The third-order valence-corrected chi connectivity index (χ3v) is 5.64. The molecule has 124 valence electrons. The van der Waals surface area contributed by atoms with Crippen molar-refractivity contribution in [3.63, 3.8) is 0 Å². The highest BCUT2D eigenvalue weighted by Crippen LogP contribution is 2.39. The Labute approximate surface area is 158 Å². The van der Waals surface area contributed by atoms with E-state index in [0.29, 0.717) is 15.4 Å². The number of rotatable bonds is 3. The summed E-state index contributed by atoms with van der Waals surface area (Å²) in [5, 5.41) is 1.09. The molecule has 1 aromatic heterocycles. The highest BCUT2D eigenvalue weighted by Gasteiger charge is 2.24. The zero-order valence-electron chi connectivity index (χ0n) is 11.6. The van der Waals surface area contributed by atoms with Crippen molar-refractivity contribution in [1.82, 2.24) is 4.98 Å². The number of fused-ring (bicyclic) bond motifs is 1. The fraction of sp³-hybridized carbons (Fsp3) is 0. The molecule has 0 N–H and O–H groups in total. The van der Waals surface area contributed by atoms with Crippen molar-refractivity contribution >= 4 is 67.4 Å². The molecule has 3 rings (SSSR count). The zero-order chi connectivity index (χ0) is 17.5. The average molecular weight is 423 g/mol. The first kappa shape index (κ1) is 17.6. The summed E-state index contributed by atoms with van der Waals surface area (Å²) in [6, 6.07) is 8.68. The molecule has 0 amide bonds. The van der Waals surface area contributed by atoms with E-state index in [1.807, 2.05) is 0 Å². The van der Waals surface area contributed by atoms with Crippen LogP contribution in [0.25, 0.3) is 10.9 Å². The molecule has 3 aromatic rings. The van der Waals surface area contributed by atoms with Gasteiger partial charge in [0.05, 0.1) is 15.1 Å². The topological polar surface area (TPSA) is 56.3 Å². The molecule has 0 atom stereocenters. The minimum absolute atomic E-state index is 0.0138. The Morgan fingerprint density at radius 1 is 0.917 bits per heavy atom. The normalized spacial score (nSPS) is 11.7. The highest BCUT2D eigenvalue weighted by atomic mass is 35.5. The molecule has 0 aliphatic rings. The van der Waals surface area contributed by atoms with Crippen LogP contribution in [0, 0.1) is 0 Å². The van der Waals surface area contributed by atoms with Gasteiger partial charge in [-0.15, -0.1) is 0 Å². The molecule has 24 heavy (non-hydrogen) atoms. The minimum Gasteiger partial charge on any atom is -0.375 e. The third-order valence-electron chi connectivity index (χ3n) is 3.11. The van der Waals surface area contributed by atoms with Gasteiger partial charge in [0.25, 0.3) is 0 Å². The summed E-state index contributed by atoms with van der Waals surface area (Å²) in [7, 11) is -4.25. The standard InChI is InChI=1S/C15H7Cl4NO3S/c16-8-3-4-13(11(18)6-8)24(21,22)23-15-12(19)7-10(17)9-2-1-5-20-14(9)15/h1-7H. The van der Waals surface area contributed by atoms with E-state index in [2.05, 4.69) is 4.98 Å². The van der Waals surface area contributed by atoms with E-state index in [9.17, 15) is 8.42 Å². The van der Waals surface area contributed by atoms with E-state index in [0.717, 1.165) is 0 Å². The Bertz CT molecular complexity index is 1050. The monoisotopic (exact) mass is 421 g/mol. The Balaban J connectivity index is 2.16. The number of benzene rings is 2. The summed E-state index contributed by atoms with van der Waals surface area (Å²) in [4.78, 5) is 3.87. The van der Waals surface area contributed by atoms with Crippen LogP contribution in [0.2, 0.25) is 20.1 Å². The smallest absolute Gasteiger partial charge is 0.340 e. The molecule has 2 aromatic carbocycles. The fourth-order valence-electron chi connectivity index (χ4n) is 2.06. The van der Waals surface area contributed by atoms with Crippen molar-refractivity contribution in [2.24, 2.45) is 0 Å². The highest BCUT2D eigenvalue weighted by molar-refractivity contribution is 7.87. The summed E-state index contributed by atoms with van der Waals surface area (Å²) in [6.45, 7) is 0. The number of pyridine rings is 1. The van der Waals surface area contributed by atoms with E-state index < -0.39 is 10.1 Å². The predicted molar refractivity (Wildman–Crippen MR) is 96.0 cm³/mol. The van der Waals surface area contributed by atoms with Crippen LogP contribution in [0.3, 0.4) is 0 Å². The third kappa shape index (κ3) is 3.27. The SMILES string of the molecule is O=S(=O)(Oc1c(Cl)cc(Cl)c2cccnc12)c1ccc(Cl)cc1Cl. The molecule has 1 heterocycles. The van der Waals surface area contributed by atoms with Crippen LogP contribution in [0.15, 0.2) is 47.5 Å². The van der Waals surface area contributed by atoms with Crippen LogP contribution in [0.4, 0.5) is 0 Å². The molecule has 0 saturated heterocycles. The lowest BCUT2D eigenvalue weighted by atomic mass is 10.2. The lowest BCUT2D eigenvalue weighted by Crippen LogP contribution is -2.11. The van der Waals surface area contributed by atoms with E-state index >= 15 is 0 Å². The first-order chi connectivity index (χ1) is 11.3. The number of nitrogens with zero attached hydrogens (tertiary/aromatic N) is 1. The van der Waals surface area contributed by atoms with E-state index in [-0.39, 0.29) is 26.2 Å². The molecule has 0 unspecified atom stereocenters. The number of hydrogen-bond donors (Lipinski definition) is 0. The molecule has 4 nitrogen and oxygen atoms in total. The summed E-state index contributed by atoms with van der Waals surface area (Å²) >= 11 is 23.9. The fourth-order valence-corrected chi connectivity index (χ4v) is 4.36. The molecule has 0 bridgehead atoms. The summed E-state index contributed by atoms with van der Waals surface area (Å²) < 4.78 is 30.3. The second-order valence-electron chi connectivity index (χ2n) is 4.68. The van der Waals surface area contributed by atoms with Crippen LogP contribution < -0.4 is 4.18 Å². The van der Waals surface area contributed by atoms with Crippen LogP contribution in [-0.2, 0) is 10.1 Å². The second kappa shape index (κ2) is 6.58. The lowest BCUT2D eigenvalue weighted by Gasteiger charge is -2.12. The van der Waals surface area contributed by atoms with Gasteiger partial charge in [0.15, 0.2) is 5.75 Å². The molecular formula is C15H7Cl4NO3S. The van der Waals surface area contributed by atoms with Crippen LogP contribution in [-0.4, -0.2) is 13.4 Å². The Morgan fingerprint density at radius 2 is 1.67 bits per heavy atom. The van der Waals surface area contributed by atoms with E-state index in [1.54, 1.807) is 12.1 Å². The van der Waals surface area contributed by atoms with Crippen LogP contribution >= 0.6 is 46.4 Å². The van der Waals surface area contributed by atoms with Crippen molar-refractivity contribution in [3.8, 4) is 5.75 Å². The van der Waals surface area contributed by atoms with Crippen molar-refractivity contribution in [3.05, 3.63) is 62.7 Å². The maximum absolute atomic E-state index is 12.5. The molecule has 0 saturated carbocycles. The van der Waals surface area contributed by atoms with Gasteiger partial charge in [-0.25, -0.2) is 0 Å². The molecule has 0 radical (unpaired) electrons. The quantitative estimate of drug-likeness (QED) is 0.514. The van der Waals surface area contributed by atoms with Gasteiger partial charge < -0.3 is 4.18 Å². The first-order valence-electron chi connectivity index (χ1n) is 6.42. The van der Waals surface area contributed by atoms with Crippen molar-refractivity contribution < 1.29 is 12.6 Å². The van der Waals surface area contributed by atoms with Crippen molar-refractivity contribution in [2.45, 2.75) is 4.90 Å². The van der Waals surface area contributed by atoms with Gasteiger partial charge in [-0.3, -0.25) is 4.98 Å². The van der Waals surface area contributed by atoms with E-state index in [1.165, 1.54) is 30.5 Å².